The van der Waals surface area contributed by atoms with Crippen LogP contribution in [0.3, 0.4) is 0 Å². The van der Waals surface area contributed by atoms with Gasteiger partial charge in [-0.3, -0.25) is 4.74 Å². The van der Waals surface area contributed by atoms with E-state index in [2.05, 4.69) is 9.53 Å². The van der Waals surface area contributed by atoms with Crippen molar-refractivity contribution in [3.63, 3.8) is 0 Å². The first kappa shape index (κ1) is 20.6. The minimum Gasteiger partial charge on any atom is -0.360 e. The van der Waals surface area contributed by atoms with Gasteiger partial charge in [0.15, 0.2) is 0 Å². The smallest absolute Gasteiger partial charge is 0.360 e. The summed E-state index contributed by atoms with van der Waals surface area (Å²) in [6.45, 7) is 0. The monoisotopic (exact) mass is 412 g/mol. The average Bonchev–Trinajstić information content (AvgIpc) is 2.54. The highest BCUT2D eigenvalue weighted by atomic mass is 32.2. The highest BCUT2D eigenvalue weighted by Gasteiger charge is 2.47. The molecule has 0 amide bonds. The number of alkyl halides is 3. The van der Waals surface area contributed by atoms with Crippen LogP contribution in [0.1, 0.15) is 32.1 Å². The van der Waals surface area contributed by atoms with Crippen molar-refractivity contribution < 1.29 is 39.5 Å². The van der Waals surface area contributed by atoms with Crippen LogP contribution in [0.15, 0.2) is 23.1 Å². The van der Waals surface area contributed by atoms with E-state index in [1.165, 1.54) is 0 Å². The summed E-state index contributed by atoms with van der Waals surface area (Å²) in [7, 11) is -7.82. The first-order chi connectivity index (χ1) is 12.1. The van der Waals surface area contributed by atoms with Crippen molar-refractivity contribution in [2.75, 3.05) is 0 Å². The Bertz CT molecular complexity index is 912. The highest BCUT2D eigenvalue weighted by Crippen LogP contribution is 2.32. The molecule has 0 aromatic carbocycles. The molecule has 0 N–H and O–H groups in total. The molecule has 7 nitrogen and oxygen atoms in total. The lowest BCUT2D eigenvalue weighted by atomic mass is 9.90. The quantitative estimate of drug-likeness (QED) is 0.231. The third-order valence-corrected chi connectivity index (χ3v) is 6.79. The third kappa shape index (κ3) is 4.50. The molecule has 0 spiro atoms. The molecule has 26 heavy (non-hydrogen) atoms. The SMILES string of the molecule is [N-]=[N+]=C(C1CCCCC1)S(=O)(=O)C1=CC=CC(=S(=O)=O)C1OC(F)(F)F. The van der Waals surface area contributed by atoms with E-state index in [-0.39, 0.29) is 0 Å². The van der Waals surface area contributed by atoms with Crippen LogP contribution in [0.5, 0.6) is 0 Å². The van der Waals surface area contributed by atoms with Gasteiger partial charge in [-0.15, -0.1) is 13.2 Å². The lowest BCUT2D eigenvalue weighted by Crippen LogP contribution is -2.39. The largest absolute Gasteiger partial charge is 0.523 e. The van der Waals surface area contributed by atoms with Gasteiger partial charge in [0.1, 0.15) is 11.0 Å². The van der Waals surface area contributed by atoms with Gasteiger partial charge < -0.3 is 5.53 Å². The Labute approximate surface area is 149 Å². The summed E-state index contributed by atoms with van der Waals surface area (Å²) in [5.41, 5.74) is 9.21. The van der Waals surface area contributed by atoms with E-state index in [0.29, 0.717) is 25.7 Å². The van der Waals surface area contributed by atoms with E-state index >= 15 is 0 Å². The summed E-state index contributed by atoms with van der Waals surface area (Å²) in [6.07, 6.45) is -2.03. The lowest BCUT2D eigenvalue weighted by Gasteiger charge is -2.24. The van der Waals surface area contributed by atoms with Crippen molar-refractivity contribution in [2.24, 2.45) is 5.92 Å². The molecule has 0 saturated heterocycles. The fourth-order valence-electron chi connectivity index (χ4n) is 3.00. The first-order valence-corrected chi connectivity index (χ1v) is 10.2. The third-order valence-electron chi connectivity index (χ3n) is 4.12. The van der Waals surface area contributed by atoms with Crippen molar-refractivity contribution in [3.05, 3.63) is 28.7 Å². The second-order valence-corrected chi connectivity index (χ2v) is 8.62. The molecular weight excluding hydrogens is 397 g/mol. The van der Waals surface area contributed by atoms with E-state index in [0.717, 1.165) is 24.6 Å². The molecule has 1 unspecified atom stereocenters. The number of ether oxygens (including phenoxy) is 1. The number of allylic oxidation sites excluding steroid dienone is 2. The molecule has 0 bridgehead atoms. The molecule has 12 heteroatoms. The minimum atomic E-state index is -5.28. The van der Waals surface area contributed by atoms with E-state index < -0.39 is 53.3 Å². The van der Waals surface area contributed by atoms with Crippen LogP contribution in [0.4, 0.5) is 13.2 Å². The Hall–Kier alpha value is -1.75. The Balaban J connectivity index is 2.54. The molecule has 2 aliphatic carbocycles. The molecular formula is C14H15F3N2O5S2. The van der Waals surface area contributed by atoms with Gasteiger partial charge in [-0.2, -0.15) is 13.2 Å². The molecule has 1 fully saturated rings. The molecule has 2 aliphatic rings. The van der Waals surface area contributed by atoms with Crippen molar-refractivity contribution >= 4 is 30.0 Å². The van der Waals surface area contributed by atoms with Crippen LogP contribution in [-0.2, 0) is 24.9 Å². The summed E-state index contributed by atoms with van der Waals surface area (Å²) < 4.78 is 90.0. The second kappa shape index (κ2) is 7.87. The van der Waals surface area contributed by atoms with Crippen LogP contribution < -0.4 is 0 Å². The summed E-state index contributed by atoms with van der Waals surface area (Å²) in [5, 5.41) is -0.675. The predicted octanol–water partition coefficient (Wildman–Crippen LogP) is 2.02. The lowest BCUT2D eigenvalue weighted by molar-refractivity contribution is -0.328. The topological polar surface area (TPSA) is 114 Å². The van der Waals surface area contributed by atoms with Crippen LogP contribution in [-0.4, -0.2) is 44.0 Å². The molecule has 1 saturated carbocycles. The Kier molecular flexibility index (Phi) is 6.22. The van der Waals surface area contributed by atoms with Gasteiger partial charge in [-0.05, 0) is 25.0 Å². The van der Waals surface area contributed by atoms with Crippen LogP contribution >= 0.6 is 0 Å². The van der Waals surface area contributed by atoms with Crippen molar-refractivity contribution in [1.29, 1.82) is 0 Å². The molecule has 0 aromatic rings. The predicted molar refractivity (Wildman–Crippen MR) is 86.2 cm³/mol. The maximum absolute atomic E-state index is 12.8. The molecule has 144 valence electrons. The van der Waals surface area contributed by atoms with Crippen LogP contribution in [0.2, 0.25) is 0 Å². The van der Waals surface area contributed by atoms with Gasteiger partial charge in [-0.1, -0.05) is 25.3 Å². The number of rotatable bonds is 3. The van der Waals surface area contributed by atoms with Crippen molar-refractivity contribution in [3.8, 4) is 0 Å². The average molecular weight is 412 g/mol. The van der Waals surface area contributed by atoms with E-state index in [1.807, 2.05) is 0 Å². The highest BCUT2D eigenvalue weighted by molar-refractivity contribution is 8.09. The summed E-state index contributed by atoms with van der Waals surface area (Å²) in [6, 6.07) is 0. The second-order valence-electron chi connectivity index (χ2n) is 5.79. The molecule has 0 aromatic heterocycles. The van der Waals surface area contributed by atoms with Gasteiger partial charge in [-0.25, -0.2) is 8.42 Å². The van der Waals surface area contributed by atoms with E-state index in [9.17, 15) is 35.5 Å². The Morgan fingerprint density at radius 3 is 2.35 bits per heavy atom. The molecule has 1 atom stereocenters. The molecule has 0 radical (unpaired) electrons. The summed E-state index contributed by atoms with van der Waals surface area (Å²) in [5.74, 6) is -0.654. The van der Waals surface area contributed by atoms with Crippen molar-refractivity contribution in [2.45, 2.75) is 44.6 Å². The van der Waals surface area contributed by atoms with Gasteiger partial charge in [0.2, 0.25) is 10.3 Å². The van der Waals surface area contributed by atoms with Gasteiger partial charge in [0, 0.05) is 0 Å². The zero-order chi connectivity index (χ0) is 19.5. The fourth-order valence-corrected chi connectivity index (χ4v) is 5.35. The Morgan fingerprint density at radius 1 is 1.23 bits per heavy atom. The maximum atomic E-state index is 12.8. The zero-order valence-corrected chi connectivity index (χ0v) is 14.9. The van der Waals surface area contributed by atoms with Crippen LogP contribution in [0, 0.1) is 5.92 Å². The summed E-state index contributed by atoms with van der Waals surface area (Å²) >= 11 is 0. The molecule has 0 aliphatic heterocycles. The molecule has 0 heterocycles. The zero-order valence-electron chi connectivity index (χ0n) is 13.3. The van der Waals surface area contributed by atoms with Gasteiger partial charge in [0.05, 0.1) is 10.8 Å². The fraction of sp³-hybridized carbons (Fsp3) is 0.571. The normalized spacial score (nSPS) is 21.9. The van der Waals surface area contributed by atoms with E-state index in [1.54, 1.807) is 0 Å². The minimum absolute atomic E-state index is 0.399. The maximum Gasteiger partial charge on any atom is 0.523 e. The van der Waals surface area contributed by atoms with Crippen molar-refractivity contribution in [1.82, 2.24) is 0 Å². The standard InChI is InChI=1S/C14H15F3N2O5S2/c15-14(16,17)24-12-10(25(20)21)7-4-8-11(12)26(22,23)13(19-18)9-5-2-1-3-6-9/h4,7-9,12H,1-3,5-6H2. The van der Waals surface area contributed by atoms with Gasteiger partial charge in [0.25, 0.3) is 9.84 Å². The first-order valence-electron chi connectivity index (χ1n) is 7.64. The number of hydrogen-bond donors (Lipinski definition) is 0. The Morgan fingerprint density at radius 2 is 1.85 bits per heavy atom. The number of sulfone groups is 1. The number of nitrogens with zero attached hydrogens (tertiary/aromatic N) is 2. The number of hydrogen-bond acceptors (Lipinski definition) is 5. The van der Waals surface area contributed by atoms with E-state index in [4.69, 9.17) is 0 Å². The van der Waals surface area contributed by atoms with Gasteiger partial charge >= 0.3 is 11.4 Å². The number of halogens is 3. The molecule has 2 rings (SSSR count). The van der Waals surface area contributed by atoms with Crippen LogP contribution in [0.25, 0.3) is 5.53 Å². The summed E-state index contributed by atoms with van der Waals surface area (Å²) in [4.78, 5) is 1.00.